The van der Waals surface area contributed by atoms with Crippen molar-refractivity contribution in [2.45, 2.75) is 9.79 Å². The number of pyridine rings is 1. The van der Waals surface area contributed by atoms with Crippen LogP contribution in [-0.2, 0) is 0 Å². The van der Waals surface area contributed by atoms with Crippen LogP contribution in [0.3, 0.4) is 0 Å². The van der Waals surface area contributed by atoms with Crippen molar-refractivity contribution in [3.8, 4) is 22.6 Å². The summed E-state index contributed by atoms with van der Waals surface area (Å²) in [6, 6.07) is 19.8. The van der Waals surface area contributed by atoms with Crippen LogP contribution in [0.25, 0.3) is 22.6 Å². The Morgan fingerprint density at radius 1 is 0.833 bits per heavy atom. The molecule has 8 heteroatoms. The number of hydrogen-bond donors (Lipinski definition) is 0. The summed E-state index contributed by atoms with van der Waals surface area (Å²) in [5.74, 6) is 0. The van der Waals surface area contributed by atoms with E-state index < -0.39 is 0 Å². The second kappa shape index (κ2) is 8.14. The molecular weight excluding hydrogens is 416 g/mol. The summed E-state index contributed by atoms with van der Waals surface area (Å²) in [5, 5.41) is 9.75. The van der Waals surface area contributed by atoms with Gasteiger partial charge in [0.2, 0.25) is 0 Å². The molecular formula is C22H15ClN6S. The van der Waals surface area contributed by atoms with E-state index in [0.29, 0.717) is 5.02 Å². The highest BCUT2D eigenvalue weighted by atomic mass is 35.5. The predicted octanol–water partition coefficient (Wildman–Crippen LogP) is 5.32. The van der Waals surface area contributed by atoms with Gasteiger partial charge in [-0.15, -0.1) is 0 Å². The van der Waals surface area contributed by atoms with Crippen LogP contribution in [0.5, 0.6) is 0 Å². The lowest BCUT2D eigenvalue weighted by molar-refractivity contribution is 0.874. The van der Waals surface area contributed by atoms with Gasteiger partial charge in [-0.25, -0.2) is 14.3 Å². The van der Waals surface area contributed by atoms with Gasteiger partial charge in [0.05, 0.1) is 22.5 Å². The average molecular weight is 431 g/mol. The second-order valence-electron chi connectivity index (χ2n) is 6.44. The number of aromatic nitrogens is 6. The summed E-state index contributed by atoms with van der Waals surface area (Å²) in [7, 11) is 0. The van der Waals surface area contributed by atoms with Gasteiger partial charge >= 0.3 is 0 Å². The number of rotatable bonds is 5. The highest BCUT2D eigenvalue weighted by molar-refractivity contribution is 7.99. The summed E-state index contributed by atoms with van der Waals surface area (Å²) in [6.45, 7) is 0. The summed E-state index contributed by atoms with van der Waals surface area (Å²) in [6.07, 6.45) is 8.76. The van der Waals surface area contributed by atoms with Crippen molar-refractivity contribution in [1.82, 2.24) is 29.5 Å². The van der Waals surface area contributed by atoms with Crippen LogP contribution in [0.2, 0.25) is 5.02 Å². The summed E-state index contributed by atoms with van der Waals surface area (Å²) >= 11 is 7.68. The Kier molecular flexibility index (Phi) is 5.04. The molecule has 3 heterocycles. The Balaban J connectivity index is 1.55. The molecule has 0 spiro atoms. The monoisotopic (exact) mass is 430 g/mol. The third-order valence-corrected chi connectivity index (χ3v) is 5.74. The van der Waals surface area contributed by atoms with Crippen molar-refractivity contribution >= 4 is 23.4 Å². The Labute approximate surface area is 182 Å². The van der Waals surface area contributed by atoms with Crippen molar-refractivity contribution in [3.63, 3.8) is 0 Å². The van der Waals surface area contributed by atoms with Crippen LogP contribution in [0.4, 0.5) is 0 Å². The third kappa shape index (κ3) is 3.85. The highest BCUT2D eigenvalue weighted by Crippen LogP contribution is 2.36. The smallest absolute Gasteiger partial charge is 0.138 e. The first-order valence-electron chi connectivity index (χ1n) is 9.15. The number of hydrogen-bond acceptors (Lipinski definition) is 5. The molecule has 0 saturated carbocycles. The lowest BCUT2D eigenvalue weighted by atomic mass is 10.1. The van der Waals surface area contributed by atoms with E-state index in [9.17, 15) is 0 Å². The fourth-order valence-electron chi connectivity index (χ4n) is 3.00. The van der Waals surface area contributed by atoms with Gasteiger partial charge < -0.3 is 0 Å². The van der Waals surface area contributed by atoms with Gasteiger partial charge in [-0.1, -0.05) is 35.5 Å². The van der Waals surface area contributed by atoms with E-state index in [0.717, 1.165) is 32.4 Å². The van der Waals surface area contributed by atoms with Crippen molar-refractivity contribution in [1.29, 1.82) is 0 Å². The molecule has 0 bridgehead atoms. The van der Waals surface area contributed by atoms with Crippen LogP contribution in [-0.4, -0.2) is 29.5 Å². The molecule has 0 saturated heterocycles. The molecule has 3 aromatic heterocycles. The van der Waals surface area contributed by atoms with E-state index in [-0.39, 0.29) is 0 Å². The number of halogens is 1. The van der Waals surface area contributed by atoms with Crippen LogP contribution in [0.15, 0.2) is 102 Å². The first kappa shape index (κ1) is 18.6. The first-order valence-corrected chi connectivity index (χ1v) is 10.3. The Morgan fingerprint density at radius 3 is 2.37 bits per heavy atom. The molecule has 2 aromatic carbocycles. The van der Waals surface area contributed by atoms with Gasteiger partial charge in [0, 0.05) is 27.9 Å². The molecule has 0 amide bonds. The Hall–Kier alpha value is -3.42. The molecule has 6 nitrogen and oxygen atoms in total. The molecule has 5 aromatic rings. The van der Waals surface area contributed by atoms with E-state index in [1.54, 1.807) is 35.2 Å². The Morgan fingerprint density at radius 2 is 1.67 bits per heavy atom. The van der Waals surface area contributed by atoms with Crippen LogP contribution < -0.4 is 0 Å². The average Bonchev–Trinajstić information content (AvgIpc) is 3.47. The van der Waals surface area contributed by atoms with Crippen molar-refractivity contribution < 1.29 is 0 Å². The minimum atomic E-state index is 0.717. The van der Waals surface area contributed by atoms with Gasteiger partial charge in [-0.3, -0.25) is 4.98 Å². The molecule has 146 valence electrons. The highest BCUT2D eigenvalue weighted by Gasteiger charge is 2.14. The molecule has 0 atom stereocenters. The van der Waals surface area contributed by atoms with Gasteiger partial charge in [0.15, 0.2) is 0 Å². The topological polar surface area (TPSA) is 61.4 Å². The van der Waals surface area contributed by atoms with Gasteiger partial charge in [-0.2, -0.15) is 10.2 Å². The fourth-order valence-corrected chi connectivity index (χ4v) is 4.06. The Bertz CT molecular complexity index is 1250. The van der Waals surface area contributed by atoms with E-state index in [1.807, 2.05) is 71.5 Å². The van der Waals surface area contributed by atoms with Crippen molar-refractivity contribution in [3.05, 3.63) is 96.9 Å². The molecule has 0 radical (unpaired) electrons. The zero-order valence-corrected chi connectivity index (χ0v) is 17.2. The van der Waals surface area contributed by atoms with Crippen molar-refractivity contribution in [2.75, 3.05) is 0 Å². The number of benzene rings is 2. The maximum absolute atomic E-state index is 6.04. The van der Waals surface area contributed by atoms with E-state index in [1.165, 1.54) is 6.33 Å². The lowest BCUT2D eigenvalue weighted by Gasteiger charge is -2.05. The standard InChI is InChI=1S/C22H15ClN6S/c23-17-5-9-20(10-6-17)30-21-13-28(19-2-1-11-24-12-19)27-22(21)16-3-7-18(8-4-16)29-15-25-14-26-29/h1-15H. The zero-order valence-electron chi connectivity index (χ0n) is 15.6. The summed E-state index contributed by atoms with van der Waals surface area (Å²) in [5.41, 5.74) is 3.75. The maximum atomic E-state index is 6.04. The molecule has 0 fully saturated rings. The molecule has 0 aliphatic heterocycles. The molecule has 0 aliphatic carbocycles. The van der Waals surface area contributed by atoms with Crippen LogP contribution in [0.1, 0.15) is 0 Å². The van der Waals surface area contributed by atoms with E-state index in [2.05, 4.69) is 15.1 Å². The molecule has 5 rings (SSSR count). The lowest BCUT2D eigenvalue weighted by Crippen LogP contribution is -1.96. The summed E-state index contributed by atoms with van der Waals surface area (Å²) < 4.78 is 3.58. The van der Waals surface area contributed by atoms with Crippen LogP contribution >= 0.6 is 23.4 Å². The third-order valence-electron chi connectivity index (χ3n) is 4.46. The normalized spacial score (nSPS) is 11.0. The first-order chi connectivity index (χ1) is 14.8. The summed E-state index contributed by atoms with van der Waals surface area (Å²) in [4.78, 5) is 10.3. The SMILES string of the molecule is Clc1ccc(Sc2cn(-c3cccnc3)nc2-c2ccc(-n3cncn3)cc2)cc1. The predicted molar refractivity (Wildman–Crippen MR) is 117 cm³/mol. The van der Waals surface area contributed by atoms with E-state index >= 15 is 0 Å². The second-order valence-corrected chi connectivity index (χ2v) is 7.99. The van der Waals surface area contributed by atoms with E-state index in [4.69, 9.17) is 16.7 Å². The quantitative estimate of drug-likeness (QED) is 0.377. The fraction of sp³-hybridized carbons (Fsp3) is 0. The van der Waals surface area contributed by atoms with Crippen molar-refractivity contribution in [2.24, 2.45) is 0 Å². The zero-order chi connectivity index (χ0) is 20.3. The minimum Gasteiger partial charge on any atom is -0.262 e. The minimum absolute atomic E-state index is 0.717. The maximum Gasteiger partial charge on any atom is 0.138 e. The molecule has 0 aliphatic rings. The molecule has 0 N–H and O–H groups in total. The largest absolute Gasteiger partial charge is 0.262 e. The van der Waals surface area contributed by atoms with Gasteiger partial charge in [0.1, 0.15) is 18.3 Å². The number of nitrogens with zero attached hydrogens (tertiary/aromatic N) is 6. The van der Waals surface area contributed by atoms with Gasteiger partial charge in [-0.05, 0) is 48.5 Å². The molecule has 0 unspecified atom stereocenters. The molecule has 30 heavy (non-hydrogen) atoms. The van der Waals surface area contributed by atoms with Gasteiger partial charge in [0.25, 0.3) is 0 Å². The van der Waals surface area contributed by atoms with Crippen LogP contribution in [0, 0.1) is 0 Å².